The van der Waals surface area contributed by atoms with Gasteiger partial charge >= 0.3 is 0 Å². The number of thiophene rings is 1. The molecule has 2 rings (SSSR count). The number of benzene rings is 1. The summed E-state index contributed by atoms with van der Waals surface area (Å²) in [5.74, 6) is 0.806. The van der Waals surface area contributed by atoms with E-state index in [0.29, 0.717) is 6.42 Å². The molecule has 19 heavy (non-hydrogen) atoms. The maximum atomic E-state index is 11.9. The Hall–Kier alpha value is -1.81. The molecule has 1 aromatic heterocycles. The van der Waals surface area contributed by atoms with Crippen molar-refractivity contribution >= 4 is 22.2 Å². The topological polar surface area (TPSA) is 38.3 Å². The quantitative estimate of drug-likeness (QED) is 0.926. The van der Waals surface area contributed by atoms with Crippen LogP contribution in [0.5, 0.6) is 5.75 Å². The van der Waals surface area contributed by atoms with Gasteiger partial charge in [-0.05, 0) is 43.2 Å². The van der Waals surface area contributed by atoms with Gasteiger partial charge in [-0.25, -0.2) is 0 Å². The zero-order valence-electron chi connectivity index (χ0n) is 11.3. The van der Waals surface area contributed by atoms with Crippen molar-refractivity contribution in [2.24, 2.45) is 0 Å². The van der Waals surface area contributed by atoms with Crippen molar-refractivity contribution in [1.82, 2.24) is 0 Å². The third kappa shape index (κ3) is 3.58. The molecule has 0 unspecified atom stereocenters. The number of rotatable bonds is 4. The zero-order valence-corrected chi connectivity index (χ0v) is 12.1. The van der Waals surface area contributed by atoms with Crippen molar-refractivity contribution in [3.8, 4) is 5.75 Å². The first-order valence-electron chi connectivity index (χ1n) is 6.08. The molecule has 0 fully saturated rings. The Kier molecular flexibility index (Phi) is 4.22. The maximum absolute atomic E-state index is 11.9. The van der Waals surface area contributed by atoms with Crippen LogP contribution in [-0.2, 0) is 11.2 Å². The van der Waals surface area contributed by atoms with Crippen molar-refractivity contribution in [3.05, 3.63) is 46.3 Å². The number of carbonyl (C=O) groups excluding carboxylic acids is 1. The first-order valence-corrected chi connectivity index (χ1v) is 6.90. The molecule has 1 heterocycles. The number of amides is 1. The van der Waals surface area contributed by atoms with E-state index in [4.69, 9.17) is 4.74 Å². The SMILES string of the molecule is COc1ccc(CC(=O)Nc2cc(C)c(C)s2)cc1. The maximum Gasteiger partial charge on any atom is 0.229 e. The number of ether oxygens (including phenoxy) is 1. The molecular weight excluding hydrogens is 258 g/mol. The summed E-state index contributed by atoms with van der Waals surface area (Å²) in [4.78, 5) is 13.2. The number of methoxy groups -OCH3 is 1. The van der Waals surface area contributed by atoms with E-state index in [1.165, 1.54) is 10.4 Å². The van der Waals surface area contributed by atoms with Gasteiger partial charge in [-0.1, -0.05) is 12.1 Å². The Balaban J connectivity index is 1.96. The lowest BCUT2D eigenvalue weighted by Gasteiger charge is -2.04. The van der Waals surface area contributed by atoms with E-state index in [9.17, 15) is 4.79 Å². The molecule has 0 radical (unpaired) electrons. The Morgan fingerprint density at radius 2 is 1.95 bits per heavy atom. The minimum Gasteiger partial charge on any atom is -0.497 e. The van der Waals surface area contributed by atoms with Gasteiger partial charge in [0.05, 0.1) is 18.5 Å². The number of aryl methyl sites for hydroxylation is 2. The second kappa shape index (κ2) is 5.89. The van der Waals surface area contributed by atoms with Crippen LogP contribution in [0.25, 0.3) is 0 Å². The summed E-state index contributed by atoms with van der Waals surface area (Å²) in [6.45, 7) is 4.10. The van der Waals surface area contributed by atoms with E-state index < -0.39 is 0 Å². The standard InChI is InChI=1S/C15H17NO2S/c1-10-8-15(19-11(10)2)16-14(17)9-12-4-6-13(18-3)7-5-12/h4-8H,9H2,1-3H3,(H,16,17). The van der Waals surface area contributed by atoms with Crippen LogP contribution < -0.4 is 10.1 Å². The molecule has 0 bridgehead atoms. The predicted octanol–water partition coefficient (Wildman–Crippen LogP) is 3.55. The molecule has 0 spiro atoms. The summed E-state index contributed by atoms with van der Waals surface area (Å²) in [5, 5.41) is 3.84. The highest BCUT2D eigenvalue weighted by atomic mass is 32.1. The van der Waals surface area contributed by atoms with Crippen LogP contribution >= 0.6 is 11.3 Å². The first-order chi connectivity index (χ1) is 9.08. The van der Waals surface area contributed by atoms with Crippen molar-refractivity contribution in [2.75, 3.05) is 12.4 Å². The van der Waals surface area contributed by atoms with Crippen LogP contribution in [0.3, 0.4) is 0 Å². The molecule has 1 aromatic carbocycles. The molecule has 0 saturated heterocycles. The molecule has 100 valence electrons. The molecule has 0 aliphatic carbocycles. The summed E-state index contributed by atoms with van der Waals surface area (Å²) in [6.07, 6.45) is 0.375. The highest BCUT2D eigenvalue weighted by Gasteiger charge is 2.07. The van der Waals surface area contributed by atoms with Crippen molar-refractivity contribution in [2.45, 2.75) is 20.3 Å². The van der Waals surface area contributed by atoms with E-state index in [1.807, 2.05) is 37.3 Å². The number of hydrogen-bond acceptors (Lipinski definition) is 3. The van der Waals surface area contributed by atoms with Gasteiger partial charge in [0.25, 0.3) is 0 Å². The fourth-order valence-electron chi connectivity index (χ4n) is 1.75. The number of anilines is 1. The second-order valence-corrected chi connectivity index (χ2v) is 5.68. The second-order valence-electron chi connectivity index (χ2n) is 4.42. The first kappa shape index (κ1) is 13.6. The van der Waals surface area contributed by atoms with E-state index in [0.717, 1.165) is 16.3 Å². The lowest BCUT2D eigenvalue weighted by molar-refractivity contribution is -0.115. The molecule has 0 aliphatic rings. The average molecular weight is 275 g/mol. The molecule has 0 aliphatic heterocycles. The zero-order chi connectivity index (χ0) is 13.8. The van der Waals surface area contributed by atoms with Gasteiger partial charge in [-0.2, -0.15) is 0 Å². The van der Waals surface area contributed by atoms with Gasteiger partial charge in [0.1, 0.15) is 5.75 Å². The normalized spacial score (nSPS) is 10.3. The van der Waals surface area contributed by atoms with E-state index in [2.05, 4.69) is 12.2 Å². The lowest BCUT2D eigenvalue weighted by Crippen LogP contribution is -2.13. The molecule has 4 heteroatoms. The third-order valence-corrected chi connectivity index (χ3v) is 4.02. The van der Waals surface area contributed by atoms with Gasteiger partial charge in [0.2, 0.25) is 5.91 Å². The van der Waals surface area contributed by atoms with Crippen molar-refractivity contribution in [1.29, 1.82) is 0 Å². The Bertz CT molecular complexity index is 553. The predicted molar refractivity (Wildman–Crippen MR) is 79.1 cm³/mol. The highest BCUT2D eigenvalue weighted by molar-refractivity contribution is 7.16. The minimum absolute atomic E-state index is 0.00594. The van der Waals surface area contributed by atoms with Crippen molar-refractivity contribution in [3.63, 3.8) is 0 Å². The summed E-state index contributed by atoms with van der Waals surface area (Å²) < 4.78 is 5.09. The van der Waals surface area contributed by atoms with E-state index in [-0.39, 0.29) is 5.91 Å². The van der Waals surface area contributed by atoms with Gasteiger partial charge in [-0.15, -0.1) is 11.3 Å². The fourth-order valence-corrected chi connectivity index (χ4v) is 2.70. The third-order valence-electron chi connectivity index (χ3n) is 2.95. The van der Waals surface area contributed by atoms with Crippen LogP contribution in [0.15, 0.2) is 30.3 Å². The number of nitrogens with one attached hydrogen (secondary N) is 1. The molecule has 0 atom stereocenters. The minimum atomic E-state index is 0.00594. The van der Waals surface area contributed by atoms with E-state index >= 15 is 0 Å². The van der Waals surface area contributed by atoms with Gasteiger partial charge in [0.15, 0.2) is 0 Å². The fraction of sp³-hybridized carbons (Fsp3) is 0.267. The van der Waals surface area contributed by atoms with Crippen LogP contribution in [0.1, 0.15) is 16.0 Å². The molecule has 3 nitrogen and oxygen atoms in total. The monoisotopic (exact) mass is 275 g/mol. The Morgan fingerprint density at radius 1 is 1.26 bits per heavy atom. The van der Waals surface area contributed by atoms with Crippen LogP contribution in [0.4, 0.5) is 5.00 Å². The summed E-state index contributed by atoms with van der Waals surface area (Å²) in [5.41, 5.74) is 2.19. The molecule has 1 amide bonds. The molecule has 1 N–H and O–H groups in total. The van der Waals surface area contributed by atoms with E-state index in [1.54, 1.807) is 18.4 Å². The molecular formula is C15H17NO2S. The van der Waals surface area contributed by atoms with Crippen LogP contribution in [0, 0.1) is 13.8 Å². The summed E-state index contributed by atoms with van der Waals surface area (Å²) in [7, 11) is 1.63. The Labute approximate surface area is 117 Å². The van der Waals surface area contributed by atoms with Gasteiger partial charge in [-0.3, -0.25) is 4.79 Å². The Morgan fingerprint density at radius 3 is 2.47 bits per heavy atom. The number of carbonyl (C=O) groups is 1. The average Bonchev–Trinajstić information content (AvgIpc) is 2.69. The van der Waals surface area contributed by atoms with Crippen molar-refractivity contribution < 1.29 is 9.53 Å². The van der Waals surface area contributed by atoms with Crippen LogP contribution in [0.2, 0.25) is 0 Å². The summed E-state index contributed by atoms with van der Waals surface area (Å²) >= 11 is 1.61. The number of hydrogen-bond donors (Lipinski definition) is 1. The smallest absolute Gasteiger partial charge is 0.229 e. The molecule has 2 aromatic rings. The lowest BCUT2D eigenvalue weighted by atomic mass is 10.1. The van der Waals surface area contributed by atoms with Gasteiger partial charge < -0.3 is 10.1 Å². The van der Waals surface area contributed by atoms with Gasteiger partial charge in [0, 0.05) is 4.88 Å². The van der Waals surface area contributed by atoms with Crippen LogP contribution in [-0.4, -0.2) is 13.0 Å². The molecule has 0 saturated carbocycles. The largest absolute Gasteiger partial charge is 0.497 e. The summed E-state index contributed by atoms with van der Waals surface area (Å²) in [6, 6.07) is 9.54. The highest BCUT2D eigenvalue weighted by Crippen LogP contribution is 2.25.